The van der Waals surface area contributed by atoms with E-state index < -0.39 is 0 Å². The van der Waals surface area contributed by atoms with Crippen LogP contribution in [0.1, 0.15) is 31.2 Å². The van der Waals surface area contributed by atoms with Crippen molar-refractivity contribution in [1.29, 1.82) is 0 Å². The number of aryl methyl sites for hydroxylation is 1. The van der Waals surface area contributed by atoms with E-state index in [2.05, 4.69) is 22.2 Å². The van der Waals surface area contributed by atoms with Gasteiger partial charge in [-0.15, -0.1) is 0 Å². The quantitative estimate of drug-likeness (QED) is 0.803. The molecule has 3 N–H and O–H groups in total. The minimum Gasteiger partial charge on any atom is -0.389 e. The number of nitrogens with one attached hydrogen (secondary N) is 1. The standard InChI is InChI=1S/C12H18N4OS/c1-8-14-6-9(10(13)18)11(16-8)15-7-12(2)4-3-5-17-12/h6H,3-5,7H2,1-2H3,(H2,13,18)(H,14,15,16). The van der Waals surface area contributed by atoms with E-state index >= 15 is 0 Å². The maximum Gasteiger partial charge on any atom is 0.140 e. The van der Waals surface area contributed by atoms with Crippen LogP contribution in [0.3, 0.4) is 0 Å². The molecule has 0 spiro atoms. The van der Waals surface area contributed by atoms with E-state index in [1.165, 1.54) is 0 Å². The molecule has 1 fully saturated rings. The minimum absolute atomic E-state index is 0.133. The van der Waals surface area contributed by atoms with Gasteiger partial charge in [-0.1, -0.05) is 12.2 Å². The first-order valence-electron chi connectivity index (χ1n) is 6.01. The number of thiocarbonyl (C=S) groups is 1. The zero-order valence-electron chi connectivity index (χ0n) is 10.7. The Bertz CT molecular complexity index is 457. The summed E-state index contributed by atoms with van der Waals surface area (Å²) in [5, 5.41) is 3.27. The number of aromatic nitrogens is 2. The molecule has 1 aromatic rings. The molecule has 0 radical (unpaired) electrons. The van der Waals surface area contributed by atoms with Crippen molar-refractivity contribution in [2.75, 3.05) is 18.5 Å². The molecule has 0 bridgehead atoms. The summed E-state index contributed by atoms with van der Waals surface area (Å²) in [6.45, 7) is 5.45. The maximum atomic E-state index is 5.72. The summed E-state index contributed by atoms with van der Waals surface area (Å²) in [6.07, 6.45) is 3.81. The molecule has 2 heterocycles. The van der Waals surface area contributed by atoms with Gasteiger partial charge in [0.1, 0.15) is 16.6 Å². The van der Waals surface area contributed by atoms with Crippen molar-refractivity contribution in [3.05, 3.63) is 17.6 Å². The van der Waals surface area contributed by atoms with Crippen LogP contribution in [0.25, 0.3) is 0 Å². The molecule has 0 saturated carbocycles. The highest BCUT2D eigenvalue weighted by molar-refractivity contribution is 7.80. The van der Waals surface area contributed by atoms with Crippen molar-refractivity contribution >= 4 is 23.0 Å². The predicted molar refractivity (Wildman–Crippen MR) is 74.7 cm³/mol. The highest BCUT2D eigenvalue weighted by atomic mass is 32.1. The molecule has 1 saturated heterocycles. The molecule has 1 unspecified atom stereocenters. The van der Waals surface area contributed by atoms with E-state index in [0.717, 1.165) is 19.4 Å². The van der Waals surface area contributed by atoms with Crippen LogP contribution in [-0.4, -0.2) is 33.7 Å². The maximum absolute atomic E-state index is 5.72. The third kappa shape index (κ3) is 2.94. The molecule has 1 atom stereocenters. The smallest absolute Gasteiger partial charge is 0.140 e. The molecule has 1 aliphatic rings. The van der Waals surface area contributed by atoms with E-state index in [9.17, 15) is 0 Å². The van der Waals surface area contributed by atoms with Crippen LogP contribution < -0.4 is 11.1 Å². The lowest BCUT2D eigenvalue weighted by Crippen LogP contribution is -2.33. The second-order valence-corrected chi connectivity index (χ2v) is 5.24. The first kappa shape index (κ1) is 13.2. The number of nitrogens with two attached hydrogens (primary N) is 1. The third-order valence-electron chi connectivity index (χ3n) is 3.10. The average molecular weight is 266 g/mol. The van der Waals surface area contributed by atoms with Crippen LogP contribution in [0.5, 0.6) is 0 Å². The molecule has 1 aromatic heterocycles. The van der Waals surface area contributed by atoms with E-state index in [1.807, 2.05) is 6.92 Å². The van der Waals surface area contributed by atoms with Gasteiger partial charge in [-0.05, 0) is 26.7 Å². The Kier molecular flexibility index (Phi) is 3.77. The summed E-state index contributed by atoms with van der Waals surface area (Å²) < 4.78 is 5.72. The number of ether oxygens (including phenoxy) is 1. The SMILES string of the molecule is Cc1ncc(C(N)=S)c(NCC2(C)CCCO2)n1. The van der Waals surface area contributed by atoms with Gasteiger partial charge in [-0.25, -0.2) is 9.97 Å². The van der Waals surface area contributed by atoms with Gasteiger partial charge < -0.3 is 15.8 Å². The molecule has 0 aromatic carbocycles. The second-order valence-electron chi connectivity index (χ2n) is 4.80. The van der Waals surface area contributed by atoms with Crippen LogP contribution in [0.15, 0.2) is 6.20 Å². The topological polar surface area (TPSA) is 73.1 Å². The first-order valence-corrected chi connectivity index (χ1v) is 6.42. The summed E-state index contributed by atoms with van der Waals surface area (Å²) in [6, 6.07) is 0. The van der Waals surface area contributed by atoms with Gasteiger partial charge in [0.25, 0.3) is 0 Å². The van der Waals surface area contributed by atoms with Gasteiger partial charge in [0.15, 0.2) is 0 Å². The lowest BCUT2D eigenvalue weighted by atomic mass is 10.0. The molecule has 98 valence electrons. The lowest BCUT2D eigenvalue weighted by molar-refractivity contribution is 0.0314. The number of anilines is 1. The molecule has 0 amide bonds. The predicted octanol–water partition coefficient (Wildman–Crippen LogP) is 1.40. The van der Waals surface area contributed by atoms with Crippen molar-refractivity contribution in [3.8, 4) is 0 Å². The molecule has 6 heteroatoms. The Labute approximate surface area is 112 Å². The summed E-state index contributed by atoms with van der Waals surface area (Å²) in [5.74, 6) is 1.38. The molecule has 18 heavy (non-hydrogen) atoms. The minimum atomic E-state index is -0.133. The fraction of sp³-hybridized carbons (Fsp3) is 0.583. The van der Waals surface area contributed by atoms with Crippen LogP contribution in [0, 0.1) is 6.92 Å². The first-order chi connectivity index (χ1) is 8.50. The van der Waals surface area contributed by atoms with Crippen molar-refractivity contribution < 1.29 is 4.74 Å². The Hall–Kier alpha value is -1.27. The zero-order chi connectivity index (χ0) is 13.2. The number of nitrogens with zero attached hydrogens (tertiary/aromatic N) is 2. The normalized spacial score (nSPS) is 23.0. The van der Waals surface area contributed by atoms with Crippen molar-refractivity contribution in [1.82, 2.24) is 9.97 Å². The average Bonchev–Trinajstić information content (AvgIpc) is 2.74. The van der Waals surface area contributed by atoms with Crippen LogP contribution in [-0.2, 0) is 4.74 Å². The van der Waals surface area contributed by atoms with Crippen LogP contribution in [0.4, 0.5) is 5.82 Å². The van der Waals surface area contributed by atoms with Gasteiger partial charge in [0.05, 0.1) is 11.2 Å². The van der Waals surface area contributed by atoms with E-state index in [0.29, 0.717) is 28.7 Å². The summed E-state index contributed by atoms with van der Waals surface area (Å²) in [7, 11) is 0. The van der Waals surface area contributed by atoms with Crippen LogP contribution in [0.2, 0.25) is 0 Å². The highest BCUT2D eigenvalue weighted by Crippen LogP contribution is 2.25. The Morgan fingerprint density at radius 1 is 1.67 bits per heavy atom. The molecular weight excluding hydrogens is 248 g/mol. The van der Waals surface area contributed by atoms with Gasteiger partial charge >= 0.3 is 0 Å². The molecule has 0 aliphatic carbocycles. The van der Waals surface area contributed by atoms with Crippen molar-refractivity contribution in [2.24, 2.45) is 5.73 Å². The zero-order valence-corrected chi connectivity index (χ0v) is 11.5. The molecule has 1 aliphatic heterocycles. The van der Waals surface area contributed by atoms with Crippen molar-refractivity contribution in [3.63, 3.8) is 0 Å². The summed E-state index contributed by atoms with van der Waals surface area (Å²) in [4.78, 5) is 8.75. The monoisotopic (exact) mass is 266 g/mol. The van der Waals surface area contributed by atoms with Crippen molar-refractivity contribution in [2.45, 2.75) is 32.3 Å². The fourth-order valence-corrected chi connectivity index (χ4v) is 2.18. The summed E-state index contributed by atoms with van der Waals surface area (Å²) >= 11 is 5.00. The van der Waals surface area contributed by atoms with Gasteiger partial charge in [-0.2, -0.15) is 0 Å². The van der Waals surface area contributed by atoms with E-state index in [1.54, 1.807) is 6.20 Å². The van der Waals surface area contributed by atoms with Gasteiger partial charge in [0.2, 0.25) is 0 Å². The van der Waals surface area contributed by atoms with Gasteiger partial charge in [-0.3, -0.25) is 0 Å². The highest BCUT2D eigenvalue weighted by Gasteiger charge is 2.29. The number of hydrogen-bond donors (Lipinski definition) is 2. The fourth-order valence-electron chi connectivity index (χ4n) is 2.03. The Morgan fingerprint density at radius 2 is 2.44 bits per heavy atom. The largest absolute Gasteiger partial charge is 0.389 e. The molecular formula is C12H18N4OS. The summed E-state index contributed by atoms with van der Waals surface area (Å²) in [5.41, 5.74) is 6.21. The van der Waals surface area contributed by atoms with E-state index in [-0.39, 0.29) is 5.60 Å². The van der Waals surface area contributed by atoms with E-state index in [4.69, 9.17) is 22.7 Å². The molecule has 5 nitrogen and oxygen atoms in total. The number of hydrogen-bond acceptors (Lipinski definition) is 5. The Morgan fingerprint density at radius 3 is 3.06 bits per heavy atom. The number of rotatable bonds is 4. The Balaban J connectivity index is 2.12. The lowest BCUT2D eigenvalue weighted by Gasteiger charge is -2.24. The van der Waals surface area contributed by atoms with Gasteiger partial charge in [0, 0.05) is 19.3 Å². The second kappa shape index (κ2) is 5.16. The molecule has 2 rings (SSSR count). The van der Waals surface area contributed by atoms with Crippen LogP contribution >= 0.6 is 12.2 Å². The third-order valence-corrected chi connectivity index (χ3v) is 3.32.